The maximum absolute atomic E-state index is 12.1. The molecule has 0 unspecified atom stereocenters. The van der Waals surface area contributed by atoms with Crippen LogP contribution in [0.25, 0.3) is 22.0 Å². The van der Waals surface area contributed by atoms with E-state index >= 15 is 0 Å². The van der Waals surface area contributed by atoms with Crippen molar-refractivity contribution >= 4 is 34.3 Å². The average molecular weight is 391 g/mol. The Hall–Kier alpha value is -3.41. The highest BCUT2D eigenvalue weighted by atomic mass is 16.4. The first-order valence-corrected chi connectivity index (χ1v) is 9.71. The van der Waals surface area contributed by atoms with E-state index in [-0.39, 0.29) is 12.5 Å². The number of unbranched alkanes of at least 4 members (excludes halogenated alkanes) is 1. The molecule has 0 fully saturated rings. The van der Waals surface area contributed by atoms with Crippen molar-refractivity contribution in [1.82, 2.24) is 4.98 Å². The van der Waals surface area contributed by atoms with Crippen LogP contribution in [0.1, 0.15) is 26.2 Å². The van der Waals surface area contributed by atoms with E-state index in [1.807, 2.05) is 54.6 Å². The van der Waals surface area contributed by atoms with Gasteiger partial charge in [-0.1, -0.05) is 43.7 Å². The number of likely N-dealkylation sites (N-methyl/N-ethyl adjacent to an activating group) is 1. The first-order valence-electron chi connectivity index (χ1n) is 9.71. The van der Waals surface area contributed by atoms with Crippen LogP contribution < -0.4 is 10.2 Å². The number of carboxylic acids is 1. The Morgan fingerprint density at radius 2 is 1.86 bits per heavy atom. The summed E-state index contributed by atoms with van der Waals surface area (Å²) >= 11 is 0. The van der Waals surface area contributed by atoms with Gasteiger partial charge in [0.05, 0.1) is 5.52 Å². The van der Waals surface area contributed by atoms with Crippen LogP contribution in [0, 0.1) is 0 Å². The van der Waals surface area contributed by atoms with E-state index in [2.05, 4.69) is 17.2 Å². The van der Waals surface area contributed by atoms with Crippen molar-refractivity contribution in [2.24, 2.45) is 0 Å². The molecule has 1 heterocycles. The quantitative estimate of drug-likeness (QED) is 0.589. The number of amides is 1. The third-order valence-corrected chi connectivity index (χ3v) is 4.68. The van der Waals surface area contributed by atoms with E-state index in [4.69, 9.17) is 5.11 Å². The number of carbonyl (C=O) groups excluding carboxylic acids is 1. The fraction of sp³-hybridized carbons (Fsp3) is 0.261. The van der Waals surface area contributed by atoms with Gasteiger partial charge in [-0.15, -0.1) is 0 Å². The summed E-state index contributed by atoms with van der Waals surface area (Å²) in [6.45, 7) is 1.92. The van der Waals surface area contributed by atoms with Crippen LogP contribution in [0.5, 0.6) is 0 Å². The molecule has 3 rings (SSSR count). The number of aromatic nitrogens is 1. The Morgan fingerprint density at radius 1 is 1.10 bits per heavy atom. The number of nitrogens with one attached hydrogen (secondary N) is 1. The molecule has 0 radical (unpaired) electrons. The van der Waals surface area contributed by atoms with E-state index in [9.17, 15) is 9.59 Å². The van der Waals surface area contributed by atoms with Gasteiger partial charge in [0.2, 0.25) is 5.91 Å². The van der Waals surface area contributed by atoms with Gasteiger partial charge >= 0.3 is 5.97 Å². The second-order valence-electron chi connectivity index (χ2n) is 7.03. The van der Waals surface area contributed by atoms with Gasteiger partial charge in [-0.3, -0.25) is 9.59 Å². The maximum Gasteiger partial charge on any atom is 0.323 e. The predicted octanol–water partition coefficient (Wildman–Crippen LogP) is 4.55. The van der Waals surface area contributed by atoms with Crippen LogP contribution >= 0.6 is 0 Å². The Kier molecular flexibility index (Phi) is 6.44. The van der Waals surface area contributed by atoms with Crippen LogP contribution in [-0.4, -0.2) is 35.6 Å². The van der Waals surface area contributed by atoms with Gasteiger partial charge in [-0.05, 0) is 41.8 Å². The number of hydrogen-bond donors (Lipinski definition) is 2. The molecule has 0 aliphatic heterocycles. The molecule has 0 spiro atoms. The van der Waals surface area contributed by atoms with Crippen LogP contribution in [0.2, 0.25) is 0 Å². The Balaban J connectivity index is 2.06. The largest absolute Gasteiger partial charge is 0.480 e. The molecule has 6 heteroatoms. The number of benzene rings is 2. The number of aliphatic carboxylic acids is 1. The summed E-state index contributed by atoms with van der Waals surface area (Å²) in [7, 11) is 1.71. The van der Waals surface area contributed by atoms with Gasteiger partial charge in [0.25, 0.3) is 0 Å². The lowest BCUT2D eigenvalue weighted by molar-refractivity contribution is -0.135. The van der Waals surface area contributed by atoms with Gasteiger partial charge in [-0.25, -0.2) is 4.98 Å². The summed E-state index contributed by atoms with van der Waals surface area (Å²) in [5.74, 6) is -0.336. The predicted molar refractivity (Wildman–Crippen MR) is 116 cm³/mol. The first kappa shape index (κ1) is 20.3. The number of carbonyl (C=O) groups is 2. The smallest absolute Gasteiger partial charge is 0.323 e. The lowest BCUT2D eigenvalue weighted by atomic mass is 10.0. The van der Waals surface area contributed by atoms with Crippen molar-refractivity contribution < 1.29 is 14.7 Å². The minimum atomic E-state index is -0.916. The van der Waals surface area contributed by atoms with E-state index in [1.54, 1.807) is 11.9 Å². The van der Waals surface area contributed by atoms with E-state index in [0.717, 1.165) is 40.6 Å². The molecular weight excluding hydrogens is 366 g/mol. The number of hydrogen-bond acceptors (Lipinski definition) is 4. The second kappa shape index (κ2) is 9.19. The van der Waals surface area contributed by atoms with Crippen LogP contribution in [0.4, 0.5) is 11.5 Å². The zero-order valence-corrected chi connectivity index (χ0v) is 16.7. The van der Waals surface area contributed by atoms with Crippen molar-refractivity contribution in [2.45, 2.75) is 26.2 Å². The van der Waals surface area contributed by atoms with Gasteiger partial charge in [0.15, 0.2) is 0 Å². The highest BCUT2D eigenvalue weighted by Gasteiger charge is 2.14. The molecule has 1 amide bonds. The monoisotopic (exact) mass is 391 g/mol. The second-order valence-corrected chi connectivity index (χ2v) is 7.03. The van der Waals surface area contributed by atoms with Crippen molar-refractivity contribution in [3.8, 4) is 11.1 Å². The number of anilines is 2. The average Bonchev–Trinajstić information content (AvgIpc) is 2.71. The zero-order chi connectivity index (χ0) is 20.8. The molecule has 29 heavy (non-hydrogen) atoms. The standard InChI is InChI=1S/C23H25N3O3/c1-3-4-10-22(27)24-17-11-12-20-19(13-17)18(16-8-6-5-7-9-16)14-21(25-20)26(2)15-23(28)29/h5-9,11-14H,3-4,10,15H2,1-2H3,(H,24,27)(H,28,29). The third-order valence-electron chi connectivity index (χ3n) is 4.68. The highest BCUT2D eigenvalue weighted by molar-refractivity contribution is 6.00. The molecular formula is C23H25N3O3. The lowest BCUT2D eigenvalue weighted by Gasteiger charge is -2.18. The summed E-state index contributed by atoms with van der Waals surface area (Å²) in [5, 5.41) is 13.0. The van der Waals surface area contributed by atoms with Crippen molar-refractivity contribution in [3.05, 3.63) is 54.6 Å². The fourth-order valence-corrected chi connectivity index (χ4v) is 3.19. The first-order chi connectivity index (χ1) is 14.0. The van der Waals surface area contributed by atoms with Gasteiger partial charge in [-0.2, -0.15) is 0 Å². The van der Waals surface area contributed by atoms with Crippen LogP contribution in [0.15, 0.2) is 54.6 Å². The van der Waals surface area contributed by atoms with Gasteiger partial charge in [0, 0.05) is 24.5 Å². The molecule has 0 atom stereocenters. The molecule has 0 saturated carbocycles. The van der Waals surface area contributed by atoms with E-state index < -0.39 is 5.97 Å². The van der Waals surface area contributed by atoms with Crippen molar-refractivity contribution in [3.63, 3.8) is 0 Å². The molecule has 6 nitrogen and oxygen atoms in total. The Labute approximate surface area is 170 Å². The number of carboxylic acid groups (broad SMARTS) is 1. The molecule has 3 aromatic rings. The molecule has 0 bridgehead atoms. The van der Waals surface area contributed by atoms with Crippen LogP contribution in [-0.2, 0) is 9.59 Å². The van der Waals surface area contributed by atoms with E-state index in [0.29, 0.717) is 12.2 Å². The summed E-state index contributed by atoms with van der Waals surface area (Å²) in [4.78, 5) is 29.5. The third kappa shape index (κ3) is 5.10. The van der Waals surface area contributed by atoms with Crippen molar-refractivity contribution in [1.29, 1.82) is 0 Å². The maximum atomic E-state index is 12.1. The summed E-state index contributed by atoms with van der Waals surface area (Å²) in [5.41, 5.74) is 3.40. The Bertz CT molecular complexity index is 1020. The lowest BCUT2D eigenvalue weighted by Crippen LogP contribution is -2.26. The number of pyridine rings is 1. The normalized spacial score (nSPS) is 10.7. The van der Waals surface area contributed by atoms with Crippen LogP contribution in [0.3, 0.4) is 0 Å². The summed E-state index contributed by atoms with van der Waals surface area (Å²) in [6.07, 6.45) is 2.33. The fourth-order valence-electron chi connectivity index (χ4n) is 3.19. The molecule has 0 saturated heterocycles. The molecule has 2 N–H and O–H groups in total. The van der Waals surface area contributed by atoms with Gasteiger partial charge in [0.1, 0.15) is 12.4 Å². The highest BCUT2D eigenvalue weighted by Crippen LogP contribution is 2.32. The summed E-state index contributed by atoms with van der Waals surface area (Å²) in [6, 6.07) is 17.4. The SMILES string of the molecule is CCCCC(=O)Nc1ccc2nc(N(C)CC(=O)O)cc(-c3ccccc3)c2c1. The molecule has 0 aliphatic carbocycles. The summed E-state index contributed by atoms with van der Waals surface area (Å²) < 4.78 is 0. The van der Waals surface area contributed by atoms with Crippen molar-refractivity contribution in [2.75, 3.05) is 23.8 Å². The molecule has 2 aromatic carbocycles. The number of nitrogens with zero attached hydrogens (tertiary/aromatic N) is 2. The number of fused-ring (bicyclic) bond motifs is 1. The number of rotatable bonds is 8. The van der Waals surface area contributed by atoms with E-state index in [1.165, 1.54) is 0 Å². The molecule has 0 aliphatic rings. The molecule has 1 aromatic heterocycles. The van der Waals surface area contributed by atoms with Gasteiger partial charge < -0.3 is 15.3 Å². The molecule has 150 valence electrons. The Morgan fingerprint density at radius 3 is 2.55 bits per heavy atom. The topological polar surface area (TPSA) is 82.5 Å². The minimum Gasteiger partial charge on any atom is -0.480 e. The zero-order valence-electron chi connectivity index (χ0n) is 16.7. The minimum absolute atomic E-state index is 0.00164.